The summed E-state index contributed by atoms with van der Waals surface area (Å²) in [6.07, 6.45) is 2.53. The number of benzene rings is 6. The monoisotopic (exact) mass is 878 g/mol. The minimum absolute atomic E-state index is 0.0119. The fourth-order valence-electron chi connectivity index (χ4n) is 6.15. The van der Waals surface area contributed by atoms with Crippen molar-refractivity contribution in [3.05, 3.63) is 155 Å². The molecule has 14 nitrogen and oxygen atoms in total. The predicted octanol–water partition coefficient (Wildman–Crippen LogP) is 10.6. The minimum atomic E-state index is -4.83. The molecular formula is C42H28Cl2N6O8S2. The van der Waals surface area contributed by atoms with E-state index >= 15 is 0 Å². The predicted molar refractivity (Wildman–Crippen MR) is 230 cm³/mol. The van der Waals surface area contributed by atoms with Gasteiger partial charge in [0.25, 0.3) is 20.2 Å². The Bertz CT molecular complexity index is 3010. The zero-order valence-electron chi connectivity index (χ0n) is 30.6. The Morgan fingerprint density at radius 3 is 1.28 bits per heavy atom. The lowest BCUT2D eigenvalue weighted by Gasteiger charge is -2.12. The van der Waals surface area contributed by atoms with Crippen molar-refractivity contribution >= 4 is 100 Å². The molecule has 0 aliphatic heterocycles. The summed E-state index contributed by atoms with van der Waals surface area (Å²) in [4.78, 5) is 15.5. The van der Waals surface area contributed by atoms with Crippen molar-refractivity contribution in [1.29, 1.82) is 0 Å². The van der Waals surface area contributed by atoms with E-state index in [9.17, 15) is 25.9 Å². The maximum atomic E-state index is 12.6. The maximum absolute atomic E-state index is 12.6. The lowest BCUT2D eigenvalue weighted by Crippen LogP contribution is -2.04. The van der Waals surface area contributed by atoms with Gasteiger partial charge >= 0.3 is 0 Å². The summed E-state index contributed by atoms with van der Waals surface area (Å²) in [5.41, 5.74) is 0.358. The molecule has 0 atom stereocenters. The number of nitrogens with one attached hydrogen (secondary N) is 2. The highest BCUT2D eigenvalue weighted by molar-refractivity contribution is 7.86. The van der Waals surface area contributed by atoms with Crippen molar-refractivity contribution in [3.63, 3.8) is 0 Å². The van der Waals surface area contributed by atoms with Crippen LogP contribution < -0.4 is 20.1 Å². The van der Waals surface area contributed by atoms with Crippen molar-refractivity contribution in [2.75, 3.05) is 10.6 Å². The normalized spacial score (nSPS) is 11.9. The van der Waals surface area contributed by atoms with E-state index in [2.05, 4.69) is 30.6 Å². The molecule has 0 spiro atoms. The van der Waals surface area contributed by atoms with Gasteiger partial charge < -0.3 is 20.1 Å². The number of ether oxygens (including phenoxy) is 2. The fourth-order valence-corrected chi connectivity index (χ4v) is 7.92. The molecule has 0 bridgehead atoms. The van der Waals surface area contributed by atoms with E-state index in [1.54, 1.807) is 12.1 Å². The molecule has 0 saturated heterocycles. The van der Waals surface area contributed by atoms with Gasteiger partial charge in [0, 0.05) is 23.5 Å². The molecule has 300 valence electrons. The molecule has 2 aromatic heterocycles. The first-order valence-electron chi connectivity index (χ1n) is 17.6. The Labute approximate surface area is 352 Å². The maximum Gasteiger partial charge on any atom is 0.295 e. The topological polar surface area (TPSA) is 203 Å². The molecule has 0 fully saturated rings. The van der Waals surface area contributed by atoms with Gasteiger partial charge in [-0.05, 0) is 104 Å². The van der Waals surface area contributed by atoms with Gasteiger partial charge in [-0.3, -0.25) is 9.11 Å². The molecule has 0 unspecified atom stereocenters. The van der Waals surface area contributed by atoms with E-state index in [1.807, 2.05) is 72.8 Å². The largest absolute Gasteiger partial charge is 0.439 e. The van der Waals surface area contributed by atoms with Crippen LogP contribution in [0, 0.1) is 0 Å². The van der Waals surface area contributed by atoms with Crippen LogP contribution in [0.5, 0.6) is 23.3 Å². The van der Waals surface area contributed by atoms with Crippen LogP contribution in [-0.2, 0) is 20.2 Å². The summed E-state index contributed by atoms with van der Waals surface area (Å²) >= 11 is 12.4. The van der Waals surface area contributed by atoms with E-state index in [4.69, 9.17) is 32.7 Å². The second-order valence-corrected chi connectivity index (χ2v) is 16.4. The van der Waals surface area contributed by atoms with Crippen molar-refractivity contribution in [2.45, 2.75) is 9.79 Å². The third kappa shape index (κ3) is 9.61. The molecule has 6 aromatic carbocycles. The number of fused-ring (bicyclic) bond motifs is 2. The average Bonchev–Trinajstić information content (AvgIpc) is 3.19. The van der Waals surface area contributed by atoms with Gasteiger partial charge in [-0.25, -0.2) is 9.97 Å². The third-order valence-corrected chi connectivity index (χ3v) is 11.0. The highest BCUT2D eigenvalue weighted by Crippen LogP contribution is 2.32. The van der Waals surface area contributed by atoms with Gasteiger partial charge in [0.05, 0.1) is 0 Å². The summed E-state index contributed by atoms with van der Waals surface area (Å²) < 4.78 is 82.5. The highest BCUT2D eigenvalue weighted by Gasteiger charge is 2.19. The smallest absolute Gasteiger partial charge is 0.295 e. The summed E-state index contributed by atoms with van der Waals surface area (Å²) in [5, 5.41) is 9.51. The molecule has 2 heterocycles. The first-order valence-corrected chi connectivity index (χ1v) is 21.2. The van der Waals surface area contributed by atoms with E-state index in [0.29, 0.717) is 11.5 Å². The van der Waals surface area contributed by atoms with Gasteiger partial charge in [0.2, 0.25) is 22.3 Å². The number of anilines is 4. The molecule has 0 amide bonds. The third-order valence-electron chi connectivity index (χ3n) is 8.81. The molecule has 0 aliphatic carbocycles. The second kappa shape index (κ2) is 16.5. The van der Waals surface area contributed by atoms with Crippen molar-refractivity contribution in [1.82, 2.24) is 19.9 Å². The zero-order valence-corrected chi connectivity index (χ0v) is 33.7. The van der Waals surface area contributed by atoms with Crippen LogP contribution in [-0.4, -0.2) is 45.9 Å². The number of rotatable bonds is 12. The number of aromatic nitrogens is 4. The standard InChI is InChI=1S/C42H28Cl2N6O8S2/c43-41-47-37(23-39(49-41)57-33-17-13-25-5-1-3-7-29(25)19-33)45-31-15-11-27(35(21-31)59(51,52)53)9-10-28-12-16-32(22-36(28)60(54,55)56)46-38-24-40(50-42(44)48-38)58-34-18-14-26-6-2-4-8-30(26)20-34/h1-24H,(H,45,47,49)(H,46,48,50)(H,51,52,53)(H,54,55,56). The zero-order chi connectivity index (χ0) is 42.0. The second-order valence-electron chi connectivity index (χ2n) is 13.0. The lowest BCUT2D eigenvalue weighted by atomic mass is 10.1. The van der Waals surface area contributed by atoms with Crippen molar-refractivity contribution in [2.24, 2.45) is 0 Å². The van der Waals surface area contributed by atoms with Crippen LogP contribution in [0.3, 0.4) is 0 Å². The molecule has 0 radical (unpaired) electrons. The quantitative estimate of drug-likeness (QED) is 0.0512. The number of hydrogen-bond acceptors (Lipinski definition) is 12. The Morgan fingerprint density at radius 2 is 0.883 bits per heavy atom. The van der Waals surface area contributed by atoms with Gasteiger partial charge in [-0.2, -0.15) is 26.8 Å². The van der Waals surface area contributed by atoms with Crippen LogP contribution in [0.4, 0.5) is 23.0 Å². The summed E-state index contributed by atoms with van der Waals surface area (Å²) in [7, 11) is -9.66. The minimum Gasteiger partial charge on any atom is -0.439 e. The molecule has 18 heteroatoms. The first kappa shape index (κ1) is 40.1. The molecule has 8 aromatic rings. The van der Waals surface area contributed by atoms with Crippen molar-refractivity contribution in [3.8, 4) is 23.3 Å². The summed E-state index contributed by atoms with van der Waals surface area (Å²) in [6.45, 7) is 0. The average molecular weight is 880 g/mol. The van der Waals surface area contributed by atoms with E-state index < -0.39 is 30.0 Å². The Morgan fingerprint density at radius 1 is 0.483 bits per heavy atom. The molecular weight excluding hydrogens is 852 g/mol. The molecule has 60 heavy (non-hydrogen) atoms. The van der Waals surface area contributed by atoms with Crippen LogP contribution in [0.1, 0.15) is 11.1 Å². The Hall–Kier alpha value is -6.66. The van der Waals surface area contributed by atoms with E-state index in [1.165, 1.54) is 48.6 Å². The Kier molecular flexibility index (Phi) is 11.1. The van der Waals surface area contributed by atoms with Gasteiger partial charge in [-0.1, -0.05) is 84.9 Å². The van der Waals surface area contributed by atoms with Crippen LogP contribution >= 0.6 is 23.2 Å². The molecule has 4 N–H and O–H groups in total. The molecule has 8 rings (SSSR count). The van der Waals surface area contributed by atoms with Crippen LogP contribution in [0.25, 0.3) is 33.7 Å². The summed E-state index contributed by atoms with van der Waals surface area (Å²) in [5.74, 6) is 1.51. The number of hydrogen-bond donors (Lipinski definition) is 4. The molecule has 0 aliphatic rings. The van der Waals surface area contributed by atoms with Crippen LogP contribution in [0.15, 0.2) is 143 Å². The lowest BCUT2D eigenvalue weighted by molar-refractivity contribution is 0.462. The highest BCUT2D eigenvalue weighted by atomic mass is 35.5. The van der Waals surface area contributed by atoms with E-state index in [0.717, 1.165) is 33.7 Å². The first-order chi connectivity index (χ1) is 28.7. The van der Waals surface area contributed by atoms with Crippen LogP contribution in [0.2, 0.25) is 10.6 Å². The van der Waals surface area contributed by atoms with Gasteiger partial charge in [0.1, 0.15) is 32.9 Å². The fraction of sp³-hybridized carbons (Fsp3) is 0. The Balaban J connectivity index is 1.02. The summed E-state index contributed by atoms with van der Waals surface area (Å²) in [6, 6.07) is 37.4. The number of nitrogens with zero attached hydrogens (tertiary/aromatic N) is 4. The number of halogens is 2. The molecule has 0 saturated carbocycles. The van der Waals surface area contributed by atoms with E-state index in [-0.39, 0.29) is 56.5 Å². The SMILES string of the molecule is O=S(=O)(O)c1cc(Nc2cc(Oc3ccc4ccccc4c3)nc(Cl)n2)ccc1C=Cc1ccc(Nc2cc(Oc3ccc4ccccc4c3)nc(Cl)n2)cc1S(=O)(=O)O. The van der Waals surface area contributed by atoms with Gasteiger partial charge in [-0.15, -0.1) is 0 Å². The van der Waals surface area contributed by atoms with Gasteiger partial charge in [0.15, 0.2) is 0 Å². The van der Waals surface area contributed by atoms with Crippen molar-refractivity contribution < 1.29 is 35.4 Å².